The van der Waals surface area contributed by atoms with Gasteiger partial charge in [-0.25, -0.2) is 8.78 Å². The third-order valence-electron chi connectivity index (χ3n) is 5.77. The number of anilines is 1. The van der Waals surface area contributed by atoms with Crippen LogP contribution < -0.4 is 4.90 Å². The quantitative estimate of drug-likeness (QED) is 0.448. The van der Waals surface area contributed by atoms with Crippen LogP contribution in [-0.4, -0.2) is 41.3 Å². The van der Waals surface area contributed by atoms with Gasteiger partial charge in [0.05, 0.1) is 0 Å². The summed E-state index contributed by atoms with van der Waals surface area (Å²) in [6, 6.07) is 22.2. The lowest BCUT2D eigenvalue weighted by molar-refractivity contribution is 0.184. The molecule has 5 rings (SSSR count). The van der Waals surface area contributed by atoms with Crippen molar-refractivity contribution < 1.29 is 13.2 Å². The van der Waals surface area contributed by atoms with E-state index in [-0.39, 0.29) is 11.6 Å². The van der Waals surface area contributed by atoms with Gasteiger partial charge in [-0.2, -0.15) is 0 Å². The van der Waals surface area contributed by atoms with Crippen LogP contribution in [0.4, 0.5) is 14.5 Å². The van der Waals surface area contributed by atoms with E-state index in [0.717, 1.165) is 24.3 Å². The summed E-state index contributed by atoms with van der Waals surface area (Å²) in [5.74, 6) is 0.214. The van der Waals surface area contributed by atoms with Crippen molar-refractivity contribution in [3.63, 3.8) is 0 Å². The fourth-order valence-electron chi connectivity index (χ4n) is 4.12. The number of nitrogens with zero attached hydrogens (tertiary/aromatic N) is 4. The molecule has 1 atom stereocenters. The van der Waals surface area contributed by atoms with Gasteiger partial charge < -0.3 is 9.32 Å². The van der Waals surface area contributed by atoms with Gasteiger partial charge >= 0.3 is 0 Å². The highest BCUT2D eigenvalue weighted by atomic mass is 19.1. The summed E-state index contributed by atoms with van der Waals surface area (Å²) in [4.78, 5) is 4.35. The number of benzene rings is 3. The molecule has 0 amide bonds. The highest BCUT2D eigenvalue weighted by Gasteiger charge is 2.32. The van der Waals surface area contributed by atoms with Crippen LogP contribution in [0.5, 0.6) is 0 Å². The number of hydrogen-bond acceptors (Lipinski definition) is 5. The van der Waals surface area contributed by atoms with E-state index >= 15 is 0 Å². The molecular formula is C25H22F2N4O. The molecule has 1 aliphatic rings. The normalized spacial score (nSPS) is 15.6. The summed E-state index contributed by atoms with van der Waals surface area (Å²) in [6.45, 7) is 2.77. The maximum atomic E-state index is 14.8. The Morgan fingerprint density at radius 2 is 1.44 bits per heavy atom. The number of hydrogen-bond donors (Lipinski definition) is 0. The highest BCUT2D eigenvalue weighted by Crippen LogP contribution is 2.32. The Balaban J connectivity index is 1.42. The second-order valence-corrected chi connectivity index (χ2v) is 7.73. The molecule has 1 aromatic heterocycles. The monoisotopic (exact) mass is 432 g/mol. The molecule has 0 saturated carbocycles. The topological polar surface area (TPSA) is 45.4 Å². The highest BCUT2D eigenvalue weighted by molar-refractivity contribution is 5.52. The molecule has 0 bridgehead atoms. The lowest BCUT2D eigenvalue weighted by atomic mass is 10.0. The van der Waals surface area contributed by atoms with Crippen molar-refractivity contribution in [3.8, 4) is 11.5 Å². The average molecular weight is 432 g/mol. The zero-order valence-corrected chi connectivity index (χ0v) is 17.4. The van der Waals surface area contributed by atoms with Crippen molar-refractivity contribution in [2.45, 2.75) is 6.04 Å². The Hall–Kier alpha value is -3.58. The molecule has 0 aliphatic carbocycles. The predicted octanol–water partition coefficient (Wildman–Crippen LogP) is 4.93. The SMILES string of the molecule is Fc1ccc(N2CCN([C@@H](c3nnc(-c4ccccc4)o3)c3ccccc3F)CC2)cc1. The van der Waals surface area contributed by atoms with Gasteiger partial charge in [0.2, 0.25) is 11.8 Å². The standard InChI is InChI=1S/C25H22F2N4O/c26-19-10-12-20(13-11-19)30-14-16-31(17-15-30)23(21-8-4-5-9-22(21)27)25-29-28-24(32-25)18-6-2-1-3-7-18/h1-13,23H,14-17H2/t23-/m1/s1. The Labute approximate surface area is 184 Å². The molecule has 1 saturated heterocycles. The van der Waals surface area contributed by atoms with Crippen LogP contribution in [0.2, 0.25) is 0 Å². The van der Waals surface area contributed by atoms with Gasteiger partial charge in [0, 0.05) is 43.0 Å². The molecule has 162 valence electrons. The van der Waals surface area contributed by atoms with E-state index < -0.39 is 6.04 Å². The minimum Gasteiger partial charge on any atom is -0.419 e. The molecule has 0 spiro atoms. The smallest absolute Gasteiger partial charge is 0.247 e. The lowest BCUT2D eigenvalue weighted by Gasteiger charge is -2.39. The first-order chi connectivity index (χ1) is 15.7. The van der Waals surface area contributed by atoms with Crippen molar-refractivity contribution >= 4 is 5.69 Å². The molecule has 1 aliphatic heterocycles. The van der Waals surface area contributed by atoms with Gasteiger partial charge in [-0.15, -0.1) is 10.2 Å². The summed E-state index contributed by atoms with van der Waals surface area (Å²) in [5, 5.41) is 8.51. The van der Waals surface area contributed by atoms with Gasteiger partial charge in [-0.05, 0) is 42.5 Å². The summed E-state index contributed by atoms with van der Waals surface area (Å²) < 4.78 is 34.1. The first kappa shape index (κ1) is 20.3. The third-order valence-corrected chi connectivity index (χ3v) is 5.77. The van der Waals surface area contributed by atoms with Gasteiger partial charge in [-0.3, -0.25) is 4.90 Å². The third kappa shape index (κ3) is 4.11. The van der Waals surface area contributed by atoms with Crippen LogP contribution in [0.1, 0.15) is 17.5 Å². The summed E-state index contributed by atoms with van der Waals surface area (Å²) in [7, 11) is 0. The Kier molecular flexibility index (Phi) is 5.64. The number of halogens is 2. The van der Waals surface area contributed by atoms with E-state index in [0.29, 0.717) is 30.4 Å². The summed E-state index contributed by atoms with van der Waals surface area (Å²) >= 11 is 0. The Bertz CT molecular complexity index is 1170. The number of aromatic nitrogens is 2. The number of rotatable bonds is 5. The summed E-state index contributed by atoms with van der Waals surface area (Å²) in [5.41, 5.74) is 2.29. The first-order valence-corrected chi connectivity index (χ1v) is 10.6. The van der Waals surface area contributed by atoms with Gasteiger partial charge in [0.15, 0.2) is 0 Å². The first-order valence-electron chi connectivity index (χ1n) is 10.6. The molecule has 0 unspecified atom stereocenters. The molecule has 0 N–H and O–H groups in total. The van der Waals surface area contributed by atoms with Crippen molar-refractivity contribution in [2.24, 2.45) is 0 Å². The lowest BCUT2D eigenvalue weighted by Crippen LogP contribution is -2.48. The molecule has 2 heterocycles. The largest absolute Gasteiger partial charge is 0.419 e. The van der Waals surface area contributed by atoms with Crippen molar-refractivity contribution in [1.82, 2.24) is 15.1 Å². The predicted molar refractivity (Wildman–Crippen MR) is 118 cm³/mol. The van der Waals surface area contributed by atoms with Crippen LogP contribution in [0.25, 0.3) is 11.5 Å². The molecule has 32 heavy (non-hydrogen) atoms. The van der Waals surface area contributed by atoms with Crippen LogP contribution in [0.3, 0.4) is 0 Å². The fourth-order valence-corrected chi connectivity index (χ4v) is 4.12. The minimum absolute atomic E-state index is 0.252. The van der Waals surface area contributed by atoms with E-state index in [9.17, 15) is 8.78 Å². The van der Waals surface area contributed by atoms with Crippen molar-refractivity contribution in [3.05, 3.63) is 102 Å². The maximum absolute atomic E-state index is 14.8. The second-order valence-electron chi connectivity index (χ2n) is 7.73. The molecule has 4 aromatic rings. The van der Waals surface area contributed by atoms with E-state index in [1.165, 1.54) is 18.2 Å². The van der Waals surface area contributed by atoms with E-state index in [1.807, 2.05) is 36.4 Å². The molecule has 7 heteroatoms. The zero-order chi connectivity index (χ0) is 21.9. The zero-order valence-electron chi connectivity index (χ0n) is 17.4. The molecule has 5 nitrogen and oxygen atoms in total. The average Bonchev–Trinajstić information content (AvgIpc) is 3.32. The Morgan fingerprint density at radius 1 is 0.750 bits per heavy atom. The fraction of sp³-hybridized carbons (Fsp3) is 0.200. The maximum Gasteiger partial charge on any atom is 0.247 e. The van der Waals surface area contributed by atoms with E-state index in [1.54, 1.807) is 24.3 Å². The summed E-state index contributed by atoms with van der Waals surface area (Å²) in [6.07, 6.45) is 0. The van der Waals surface area contributed by atoms with E-state index in [2.05, 4.69) is 20.0 Å². The Morgan fingerprint density at radius 3 is 2.16 bits per heavy atom. The molecule has 0 radical (unpaired) electrons. The van der Waals surface area contributed by atoms with Gasteiger partial charge in [0.25, 0.3) is 0 Å². The van der Waals surface area contributed by atoms with Crippen LogP contribution in [0.15, 0.2) is 83.3 Å². The van der Waals surface area contributed by atoms with Crippen molar-refractivity contribution in [1.29, 1.82) is 0 Å². The molecule has 1 fully saturated rings. The van der Waals surface area contributed by atoms with Crippen LogP contribution >= 0.6 is 0 Å². The molecule has 3 aromatic carbocycles. The number of piperazine rings is 1. The van der Waals surface area contributed by atoms with E-state index in [4.69, 9.17) is 4.42 Å². The molecular weight excluding hydrogens is 410 g/mol. The van der Waals surface area contributed by atoms with Crippen LogP contribution in [0, 0.1) is 11.6 Å². The van der Waals surface area contributed by atoms with Gasteiger partial charge in [-0.1, -0.05) is 36.4 Å². The minimum atomic E-state index is -0.489. The van der Waals surface area contributed by atoms with Crippen LogP contribution in [-0.2, 0) is 0 Å². The van der Waals surface area contributed by atoms with Gasteiger partial charge in [0.1, 0.15) is 17.7 Å². The van der Waals surface area contributed by atoms with Crippen molar-refractivity contribution in [2.75, 3.05) is 31.1 Å². The second kappa shape index (κ2) is 8.88.